The summed E-state index contributed by atoms with van der Waals surface area (Å²) in [6.07, 6.45) is 87.2. The fourth-order valence-electron chi connectivity index (χ4n) is 10.7. The number of rotatable bonds is 66. The molecular formula is C74H136O6. The first-order chi connectivity index (χ1) is 39.5. The van der Waals surface area contributed by atoms with E-state index >= 15 is 0 Å². The van der Waals surface area contributed by atoms with Gasteiger partial charge in [0.15, 0.2) is 6.10 Å². The minimum atomic E-state index is -0.776. The van der Waals surface area contributed by atoms with Crippen molar-refractivity contribution in [3.05, 3.63) is 48.6 Å². The van der Waals surface area contributed by atoms with Gasteiger partial charge in [-0.05, 0) is 77.0 Å². The summed E-state index contributed by atoms with van der Waals surface area (Å²) >= 11 is 0. The molecule has 0 aliphatic rings. The van der Waals surface area contributed by atoms with Crippen LogP contribution in [0.15, 0.2) is 48.6 Å². The van der Waals surface area contributed by atoms with Gasteiger partial charge in [0.1, 0.15) is 13.2 Å². The van der Waals surface area contributed by atoms with Crippen LogP contribution >= 0.6 is 0 Å². The number of ether oxygens (including phenoxy) is 3. The molecule has 1 atom stereocenters. The molecule has 0 amide bonds. The molecule has 80 heavy (non-hydrogen) atoms. The number of hydrogen-bond acceptors (Lipinski definition) is 6. The Morgan fingerprint density at radius 3 is 0.738 bits per heavy atom. The molecule has 0 aliphatic heterocycles. The van der Waals surface area contributed by atoms with Gasteiger partial charge in [0.25, 0.3) is 0 Å². The standard InChI is InChI=1S/C74H136O6/c1-4-7-10-13-16-19-22-25-27-29-31-32-33-34-35-36-37-38-39-40-41-42-43-45-46-49-52-55-58-61-64-67-73(76)79-70-71(69-78-72(75)66-63-60-57-54-51-48-24-21-18-15-12-9-6-3)80-74(77)68-65-62-59-56-53-50-47-44-30-28-26-23-20-17-14-11-8-5-2/h12,15,21-22,24-25,29,31,71H,4-11,13-14,16-20,23,26-28,30,32-70H2,1-3H3/b15-12-,24-21-,25-22-,31-29-. The molecule has 0 saturated heterocycles. The second-order valence-electron chi connectivity index (χ2n) is 24.1. The maximum atomic E-state index is 12.9. The van der Waals surface area contributed by atoms with Crippen LogP contribution < -0.4 is 0 Å². The van der Waals surface area contributed by atoms with E-state index in [2.05, 4.69) is 69.4 Å². The summed E-state index contributed by atoms with van der Waals surface area (Å²) in [7, 11) is 0. The van der Waals surface area contributed by atoms with Crippen LogP contribution in [0.4, 0.5) is 0 Å². The van der Waals surface area contributed by atoms with Gasteiger partial charge >= 0.3 is 17.9 Å². The Labute approximate surface area is 498 Å². The normalized spacial score (nSPS) is 12.3. The third kappa shape index (κ3) is 66.2. The van der Waals surface area contributed by atoms with Crippen molar-refractivity contribution in [1.82, 2.24) is 0 Å². The fraction of sp³-hybridized carbons (Fsp3) is 0.851. The van der Waals surface area contributed by atoms with Gasteiger partial charge in [-0.15, -0.1) is 0 Å². The Bertz CT molecular complexity index is 1380. The molecule has 0 fully saturated rings. The van der Waals surface area contributed by atoms with Crippen LogP contribution in [0.2, 0.25) is 0 Å². The topological polar surface area (TPSA) is 78.9 Å². The Hall–Kier alpha value is -2.63. The van der Waals surface area contributed by atoms with Gasteiger partial charge in [-0.1, -0.05) is 339 Å². The van der Waals surface area contributed by atoms with Gasteiger partial charge in [0.05, 0.1) is 0 Å². The second-order valence-corrected chi connectivity index (χ2v) is 24.1. The molecule has 0 aromatic carbocycles. The van der Waals surface area contributed by atoms with Crippen LogP contribution in [0.1, 0.15) is 387 Å². The zero-order chi connectivity index (χ0) is 57.8. The van der Waals surface area contributed by atoms with Crippen molar-refractivity contribution in [2.24, 2.45) is 0 Å². The number of carbonyl (C=O) groups is 3. The molecule has 0 saturated carbocycles. The van der Waals surface area contributed by atoms with Crippen molar-refractivity contribution >= 4 is 17.9 Å². The predicted octanol–water partition coefficient (Wildman–Crippen LogP) is 24.5. The molecule has 0 radical (unpaired) electrons. The van der Waals surface area contributed by atoms with E-state index in [4.69, 9.17) is 14.2 Å². The zero-order valence-corrected chi connectivity index (χ0v) is 53.9. The molecule has 0 bridgehead atoms. The minimum Gasteiger partial charge on any atom is -0.462 e. The molecule has 0 rings (SSSR count). The third-order valence-corrected chi connectivity index (χ3v) is 16.0. The monoisotopic (exact) mass is 1120 g/mol. The molecule has 0 heterocycles. The Balaban J connectivity index is 4.15. The van der Waals surface area contributed by atoms with E-state index in [1.807, 2.05) is 0 Å². The van der Waals surface area contributed by atoms with Gasteiger partial charge in [-0.2, -0.15) is 0 Å². The summed E-state index contributed by atoms with van der Waals surface area (Å²) in [6.45, 7) is 6.62. The molecular weight excluding hydrogens is 985 g/mol. The van der Waals surface area contributed by atoms with E-state index in [1.54, 1.807) is 0 Å². The Morgan fingerprint density at radius 2 is 0.475 bits per heavy atom. The van der Waals surface area contributed by atoms with E-state index in [0.29, 0.717) is 19.3 Å². The maximum absolute atomic E-state index is 12.9. The number of allylic oxidation sites excluding steroid dienone is 8. The van der Waals surface area contributed by atoms with E-state index in [-0.39, 0.29) is 31.1 Å². The quantitative estimate of drug-likeness (QED) is 0.0261. The highest BCUT2D eigenvalue weighted by atomic mass is 16.6. The van der Waals surface area contributed by atoms with Gasteiger partial charge in [-0.25, -0.2) is 0 Å². The lowest BCUT2D eigenvalue weighted by molar-refractivity contribution is -0.167. The molecule has 6 heteroatoms. The van der Waals surface area contributed by atoms with Crippen molar-refractivity contribution in [3.63, 3.8) is 0 Å². The average molecular weight is 1120 g/mol. The molecule has 0 N–H and O–H groups in total. The molecule has 0 aliphatic carbocycles. The van der Waals surface area contributed by atoms with Gasteiger partial charge < -0.3 is 14.2 Å². The lowest BCUT2D eigenvalue weighted by atomic mass is 10.0. The van der Waals surface area contributed by atoms with Crippen molar-refractivity contribution in [2.75, 3.05) is 13.2 Å². The van der Waals surface area contributed by atoms with Crippen LogP contribution in [0.3, 0.4) is 0 Å². The average Bonchev–Trinajstić information content (AvgIpc) is 3.46. The van der Waals surface area contributed by atoms with Gasteiger partial charge in [-0.3, -0.25) is 14.4 Å². The number of carbonyl (C=O) groups excluding carboxylic acids is 3. The van der Waals surface area contributed by atoms with Gasteiger partial charge in [0, 0.05) is 19.3 Å². The highest BCUT2D eigenvalue weighted by molar-refractivity contribution is 5.71. The fourth-order valence-corrected chi connectivity index (χ4v) is 10.7. The molecule has 1 unspecified atom stereocenters. The first-order valence-corrected chi connectivity index (χ1v) is 35.6. The minimum absolute atomic E-state index is 0.0722. The third-order valence-electron chi connectivity index (χ3n) is 16.0. The Kier molecular flexibility index (Phi) is 66.6. The molecule has 468 valence electrons. The number of esters is 3. The zero-order valence-electron chi connectivity index (χ0n) is 53.9. The van der Waals surface area contributed by atoms with Crippen molar-refractivity contribution in [3.8, 4) is 0 Å². The SMILES string of the molecule is CCC/C=C\C/C=C\CCCCCCCC(=O)OCC(COC(=O)CCCCCCCCCCCCCCCCCCCCC/C=C\C/C=C\CCCCCCC)OC(=O)CCCCCCCCCCCCCCCCCCCC. The number of hydrogen-bond donors (Lipinski definition) is 0. The summed E-state index contributed by atoms with van der Waals surface area (Å²) in [5.41, 5.74) is 0. The van der Waals surface area contributed by atoms with Crippen LogP contribution in [-0.4, -0.2) is 37.2 Å². The molecule has 0 aromatic heterocycles. The maximum Gasteiger partial charge on any atom is 0.306 e. The van der Waals surface area contributed by atoms with Crippen LogP contribution in [0.5, 0.6) is 0 Å². The summed E-state index contributed by atoms with van der Waals surface area (Å²) in [6, 6.07) is 0. The first-order valence-electron chi connectivity index (χ1n) is 35.6. The lowest BCUT2D eigenvalue weighted by Gasteiger charge is -2.18. The van der Waals surface area contributed by atoms with E-state index in [1.165, 1.54) is 257 Å². The van der Waals surface area contributed by atoms with Gasteiger partial charge in [0.2, 0.25) is 0 Å². The summed E-state index contributed by atoms with van der Waals surface area (Å²) in [4.78, 5) is 38.4. The van der Waals surface area contributed by atoms with Crippen LogP contribution in [-0.2, 0) is 28.6 Å². The number of unbranched alkanes of at least 4 members (excludes halogenated alkanes) is 47. The first kappa shape index (κ1) is 77.4. The van der Waals surface area contributed by atoms with Crippen molar-refractivity contribution in [2.45, 2.75) is 393 Å². The largest absolute Gasteiger partial charge is 0.462 e. The predicted molar refractivity (Wildman–Crippen MR) is 349 cm³/mol. The van der Waals surface area contributed by atoms with E-state index < -0.39 is 6.10 Å². The molecule has 0 aromatic rings. The summed E-state index contributed by atoms with van der Waals surface area (Å²) < 4.78 is 17.0. The van der Waals surface area contributed by atoms with Crippen LogP contribution in [0, 0.1) is 0 Å². The smallest absolute Gasteiger partial charge is 0.306 e. The van der Waals surface area contributed by atoms with Crippen LogP contribution in [0.25, 0.3) is 0 Å². The Morgan fingerprint density at radius 1 is 0.250 bits per heavy atom. The summed E-state index contributed by atoms with van der Waals surface area (Å²) in [5.74, 6) is -0.860. The van der Waals surface area contributed by atoms with Crippen molar-refractivity contribution < 1.29 is 28.6 Å². The molecule has 0 spiro atoms. The molecule has 6 nitrogen and oxygen atoms in total. The second kappa shape index (κ2) is 68.9. The van der Waals surface area contributed by atoms with E-state index in [9.17, 15) is 14.4 Å². The highest BCUT2D eigenvalue weighted by Gasteiger charge is 2.19. The highest BCUT2D eigenvalue weighted by Crippen LogP contribution is 2.18. The van der Waals surface area contributed by atoms with E-state index in [0.717, 1.165) is 89.9 Å². The van der Waals surface area contributed by atoms with Crippen molar-refractivity contribution in [1.29, 1.82) is 0 Å². The lowest BCUT2D eigenvalue weighted by Crippen LogP contribution is -2.30. The summed E-state index contributed by atoms with van der Waals surface area (Å²) in [5, 5.41) is 0.